The number of aromatic hydroxyl groups is 1. The summed E-state index contributed by atoms with van der Waals surface area (Å²) in [5, 5.41) is 11.4. The van der Waals surface area contributed by atoms with E-state index < -0.39 is 0 Å². The van der Waals surface area contributed by atoms with E-state index in [1.165, 1.54) is 16.9 Å². The van der Waals surface area contributed by atoms with Gasteiger partial charge in [0.25, 0.3) is 0 Å². The maximum absolute atomic E-state index is 10.7. The first-order valence-electron chi connectivity index (χ1n) is 8.17. The quantitative estimate of drug-likeness (QED) is 0.515. The number of benzene rings is 2. The number of aliphatic imine (C=N–C) groups is 1. The highest BCUT2D eigenvalue weighted by molar-refractivity contribution is 7.73. The van der Waals surface area contributed by atoms with Crippen LogP contribution in [0.15, 0.2) is 47.5 Å². The Morgan fingerprint density at radius 2 is 2.00 bits per heavy atom. The van der Waals surface area contributed by atoms with Gasteiger partial charge in [-0.2, -0.15) is 0 Å². The number of hydrogen-bond acceptors (Lipinski definition) is 4. The molecule has 0 amide bonds. The van der Waals surface area contributed by atoms with Crippen LogP contribution in [0.25, 0.3) is 17.3 Å². The molecule has 3 nitrogen and oxygen atoms in total. The fourth-order valence-electron chi connectivity index (χ4n) is 3.02. The van der Waals surface area contributed by atoms with Gasteiger partial charge in [-0.25, -0.2) is 0 Å². The van der Waals surface area contributed by atoms with Crippen molar-refractivity contribution in [2.45, 2.75) is 13.3 Å². The molecule has 1 aliphatic heterocycles. The van der Waals surface area contributed by atoms with Gasteiger partial charge in [0.2, 0.25) is 5.88 Å². The number of allylic oxidation sites excluding steroid dienone is 1. The van der Waals surface area contributed by atoms with Crippen molar-refractivity contribution in [2.24, 2.45) is 4.99 Å². The van der Waals surface area contributed by atoms with Crippen LogP contribution in [0.3, 0.4) is 0 Å². The minimum atomic E-state index is 0.128. The van der Waals surface area contributed by atoms with Gasteiger partial charge in [0, 0.05) is 22.4 Å². The monoisotopic (exact) mass is 398 g/mol. The molecule has 26 heavy (non-hydrogen) atoms. The zero-order valence-corrected chi connectivity index (χ0v) is 16.3. The predicted molar refractivity (Wildman–Crippen MR) is 113 cm³/mol. The van der Waals surface area contributed by atoms with Crippen LogP contribution in [0, 0.1) is 3.95 Å². The molecule has 2 heterocycles. The van der Waals surface area contributed by atoms with Crippen molar-refractivity contribution in [3.05, 3.63) is 67.4 Å². The zero-order valence-electron chi connectivity index (χ0n) is 13.9. The van der Waals surface area contributed by atoms with E-state index in [0.717, 1.165) is 28.9 Å². The standard InChI is InChI=1S/C20H15ClN2OS2/c1-2-12-4-3-5-16-13(11-22-18(12)16)10-17-19(24)23(20(25)26-17)15-8-6-14(21)7-9-15/h3-11,24H,2H2,1H3. The molecule has 0 spiro atoms. The Bertz CT molecular complexity index is 1110. The van der Waals surface area contributed by atoms with Crippen molar-refractivity contribution in [3.8, 4) is 11.6 Å². The van der Waals surface area contributed by atoms with Crippen LogP contribution in [0.1, 0.15) is 22.9 Å². The zero-order chi connectivity index (χ0) is 18.3. The summed E-state index contributed by atoms with van der Waals surface area (Å²) in [5.74, 6) is 0.128. The molecule has 2 aromatic carbocycles. The third-order valence-electron chi connectivity index (χ3n) is 4.33. The Morgan fingerprint density at radius 1 is 1.23 bits per heavy atom. The van der Waals surface area contributed by atoms with Crippen LogP contribution in [0.2, 0.25) is 5.02 Å². The summed E-state index contributed by atoms with van der Waals surface area (Å²) in [6.45, 7) is 2.12. The molecule has 0 unspecified atom stereocenters. The molecule has 0 saturated heterocycles. The van der Waals surface area contributed by atoms with Crippen LogP contribution >= 0.6 is 35.2 Å². The molecule has 0 saturated carbocycles. The van der Waals surface area contributed by atoms with Crippen molar-refractivity contribution in [3.63, 3.8) is 0 Å². The number of aromatic nitrogens is 1. The van der Waals surface area contributed by atoms with Crippen LogP contribution in [0.4, 0.5) is 5.69 Å². The van der Waals surface area contributed by atoms with Crippen molar-refractivity contribution < 1.29 is 5.11 Å². The molecular weight excluding hydrogens is 384 g/mol. The summed E-state index contributed by atoms with van der Waals surface area (Å²) >= 11 is 12.8. The van der Waals surface area contributed by atoms with Crippen LogP contribution in [0.5, 0.6) is 5.88 Å². The summed E-state index contributed by atoms with van der Waals surface area (Å²) in [4.78, 5) is 5.27. The summed E-state index contributed by atoms with van der Waals surface area (Å²) in [6.07, 6.45) is 4.72. The van der Waals surface area contributed by atoms with Gasteiger partial charge in [-0.1, -0.05) is 36.7 Å². The smallest absolute Gasteiger partial charge is 0.215 e. The average molecular weight is 399 g/mol. The largest absolute Gasteiger partial charge is 0.493 e. The number of hydrogen-bond donors (Lipinski definition) is 1. The SMILES string of the molecule is CCc1cccc2c1N=CC2=Cc1sc(=S)n(-c2ccc(Cl)cc2)c1O. The summed E-state index contributed by atoms with van der Waals surface area (Å²) in [6, 6.07) is 13.4. The second-order valence-electron chi connectivity index (χ2n) is 5.89. The van der Waals surface area contributed by atoms with Crippen molar-refractivity contribution in [1.82, 2.24) is 4.57 Å². The van der Waals surface area contributed by atoms with Crippen molar-refractivity contribution in [1.29, 1.82) is 0 Å². The Balaban J connectivity index is 1.80. The molecule has 130 valence electrons. The number of para-hydroxylation sites is 1. The molecule has 0 radical (unpaired) electrons. The lowest BCUT2D eigenvalue weighted by atomic mass is 10.0. The third kappa shape index (κ3) is 2.92. The first kappa shape index (κ1) is 17.2. The second kappa shape index (κ2) is 6.83. The fraction of sp³-hybridized carbons (Fsp3) is 0.100. The van der Waals surface area contributed by atoms with E-state index in [2.05, 4.69) is 24.0 Å². The van der Waals surface area contributed by atoms with Gasteiger partial charge in [0.05, 0.1) is 16.3 Å². The third-order valence-corrected chi connectivity index (χ3v) is 5.89. The molecule has 3 aromatic rings. The Morgan fingerprint density at radius 3 is 2.73 bits per heavy atom. The van der Waals surface area contributed by atoms with E-state index in [0.29, 0.717) is 13.9 Å². The summed E-state index contributed by atoms with van der Waals surface area (Å²) < 4.78 is 2.23. The highest BCUT2D eigenvalue weighted by Crippen LogP contribution is 2.38. The lowest BCUT2D eigenvalue weighted by Crippen LogP contribution is -1.92. The van der Waals surface area contributed by atoms with Crippen molar-refractivity contribution in [2.75, 3.05) is 0 Å². The van der Waals surface area contributed by atoms with E-state index in [-0.39, 0.29) is 5.88 Å². The molecule has 4 rings (SSSR count). The van der Waals surface area contributed by atoms with Gasteiger partial charge in [-0.15, -0.1) is 11.3 Å². The number of rotatable bonds is 3. The maximum atomic E-state index is 10.7. The molecule has 1 aromatic heterocycles. The first-order chi connectivity index (χ1) is 12.6. The van der Waals surface area contributed by atoms with E-state index in [4.69, 9.17) is 23.8 Å². The number of halogens is 1. The minimum absolute atomic E-state index is 0.128. The molecule has 0 aliphatic carbocycles. The van der Waals surface area contributed by atoms with Gasteiger partial charge in [0.15, 0.2) is 3.95 Å². The number of aryl methyl sites for hydroxylation is 1. The van der Waals surface area contributed by atoms with E-state index in [9.17, 15) is 5.11 Å². The van der Waals surface area contributed by atoms with Gasteiger partial charge in [-0.3, -0.25) is 9.56 Å². The summed E-state index contributed by atoms with van der Waals surface area (Å²) in [7, 11) is 0. The highest BCUT2D eigenvalue weighted by atomic mass is 35.5. The van der Waals surface area contributed by atoms with Crippen molar-refractivity contribution >= 4 is 58.7 Å². The first-order valence-corrected chi connectivity index (χ1v) is 9.77. The molecule has 0 atom stereocenters. The maximum Gasteiger partial charge on any atom is 0.215 e. The second-order valence-corrected chi connectivity index (χ2v) is 8.00. The number of nitrogens with zero attached hydrogens (tertiary/aromatic N) is 2. The predicted octanol–water partition coefficient (Wildman–Crippen LogP) is 6.45. The normalized spacial score (nSPS) is 14.2. The van der Waals surface area contributed by atoms with Crippen LogP contribution in [-0.2, 0) is 6.42 Å². The molecule has 1 aliphatic rings. The molecule has 6 heteroatoms. The summed E-state index contributed by atoms with van der Waals surface area (Å²) in [5.41, 5.74) is 5.08. The molecular formula is C20H15ClN2OS2. The van der Waals surface area contributed by atoms with E-state index in [1.54, 1.807) is 16.7 Å². The topological polar surface area (TPSA) is 37.5 Å². The Hall–Kier alpha value is -2.21. The Kier molecular flexibility index (Phi) is 4.53. The molecule has 0 bridgehead atoms. The Labute approximate surface area is 165 Å². The molecule has 0 fully saturated rings. The van der Waals surface area contributed by atoms with Crippen LogP contribution in [-0.4, -0.2) is 15.9 Å². The van der Waals surface area contributed by atoms with Gasteiger partial charge in [-0.05, 0) is 54.5 Å². The average Bonchev–Trinajstić information content (AvgIpc) is 3.17. The van der Waals surface area contributed by atoms with Gasteiger partial charge < -0.3 is 5.11 Å². The lowest BCUT2D eigenvalue weighted by Gasteiger charge is -2.05. The van der Waals surface area contributed by atoms with Gasteiger partial charge >= 0.3 is 0 Å². The molecule has 1 N–H and O–H groups in total. The number of fused-ring (bicyclic) bond motifs is 1. The highest BCUT2D eigenvalue weighted by Gasteiger charge is 2.17. The lowest BCUT2D eigenvalue weighted by molar-refractivity contribution is 0.441. The van der Waals surface area contributed by atoms with E-state index >= 15 is 0 Å². The van der Waals surface area contributed by atoms with Crippen LogP contribution < -0.4 is 0 Å². The van der Waals surface area contributed by atoms with E-state index in [1.807, 2.05) is 30.5 Å². The minimum Gasteiger partial charge on any atom is -0.493 e. The fourth-order valence-corrected chi connectivity index (χ4v) is 4.44. The van der Waals surface area contributed by atoms with Gasteiger partial charge in [0.1, 0.15) is 0 Å². The number of thiazole rings is 1.